The molecule has 41 heavy (non-hydrogen) atoms. The summed E-state index contributed by atoms with van der Waals surface area (Å²) >= 11 is 0. The summed E-state index contributed by atoms with van der Waals surface area (Å²) in [5.41, 5.74) is 0.193. The fraction of sp³-hybridized carbons (Fsp3) is 0.633. The number of aliphatic carboxylic acids is 1. The van der Waals surface area contributed by atoms with Crippen LogP contribution in [0.2, 0.25) is 0 Å². The van der Waals surface area contributed by atoms with Gasteiger partial charge >= 0.3 is 5.97 Å². The van der Waals surface area contributed by atoms with Crippen LogP contribution >= 0.6 is 0 Å². The lowest BCUT2D eigenvalue weighted by molar-refractivity contribution is -0.132. The molecule has 0 spiro atoms. The fourth-order valence-electron chi connectivity index (χ4n) is 2.88. The molecule has 0 aromatic heterocycles. The Labute approximate surface area is 246 Å². The van der Waals surface area contributed by atoms with Crippen molar-refractivity contribution in [3.63, 3.8) is 0 Å². The second-order valence-electron chi connectivity index (χ2n) is 8.49. The van der Waals surface area contributed by atoms with Gasteiger partial charge in [-0.3, -0.25) is 14.4 Å². The number of carboxylic acid groups (broad SMARTS) is 1. The number of aldehydes is 1. The monoisotopic (exact) mass is 585 g/mol. The number of carbonyl (C=O) groups excluding carboxylic acids is 4. The summed E-state index contributed by atoms with van der Waals surface area (Å²) in [6, 6.07) is 0. The molecule has 11 nitrogen and oxygen atoms in total. The Balaban J connectivity index is -0.000000539. The zero-order valence-corrected chi connectivity index (χ0v) is 26.2. The Hall–Kier alpha value is -3.15. The van der Waals surface area contributed by atoms with Gasteiger partial charge in [0, 0.05) is 39.8 Å². The van der Waals surface area contributed by atoms with Gasteiger partial charge in [0.15, 0.2) is 0 Å². The quantitative estimate of drug-likeness (QED) is 0.110. The standard InChI is InChI=1S/C22H33N3O5.C3H8O.C2H6O.C2H6.CH2O/c1-16(2)10-13-24-21(28)17-8-9-18(22(29)30)19(15-17)25-20(27)7-3-4-11-23-12-5-6-14-26;1-3-4-2;1-2-3;2*1-2/h5-6,9,14-17,23H,3-4,7-8,10-13H2,1-2H3,(H,24,28)(H,25,27)(H,29,30);3H2,1-2H3;3H,2H2,1H3;1-2H3;1H2/b6-5-;;;;. The first-order valence-corrected chi connectivity index (χ1v) is 14.1. The van der Waals surface area contributed by atoms with Crippen LogP contribution in [-0.2, 0) is 28.7 Å². The number of allylic oxidation sites excluding steroid dienone is 2. The number of amides is 2. The van der Waals surface area contributed by atoms with Crippen LogP contribution in [0, 0.1) is 11.8 Å². The molecule has 0 saturated heterocycles. The number of hydrogen-bond donors (Lipinski definition) is 5. The molecule has 0 radical (unpaired) electrons. The third-order valence-corrected chi connectivity index (χ3v) is 4.87. The summed E-state index contributed by atoms with van der Waals surface area (Å²) in [5, 5.41) is 25.6. The van der Waals surface area contributed by atoms with Crippen molar-refractivity contribution in [1.29, 1.82) is 0 Å². The molecule has 0 heterocycles. The van der Waals surface area contributed by atoms with Gasteiger partial charge in [-0.25, -0.2) is 4.79 Å². The van der Waals surface area contributed by atoms with Crippen LogP contribution < -0.4 is 16.0 Å². The van der Waals surface area contributed by atoms with E-state index in [0.717, 1.165) is 19.4 Å². The van der Waals surface area contributed by atoms with E-state index in [9.17, 15) is 24.3 Å². The number of carboxylic acids is 1. The Kier molecular flexibility index (Phi) is 38.2. The summed E-state index contributed by atoms with van der Waals surface area (Å²) < 4.78 is 4.54. The van der Waals surface area contributed by atoms with E-state index in [4.69, 9.17) is 9.90 Å². The third kappa shape index (κ3) is 29.7. The molecular formula is C30H55N3O8. The summed E-state index contributed by atoms with van der Waals surface area (Å²) in [4.78, 5) is 54.2. The van der Waals surface area contributed by atoms with Crippen LogP contribution in [0.3, 0.4) is 0 Å². The molecule has 0 aromatic carbocycles. The van der Waals surface area contributed by atoms with Crippen LogP contribution in [0.25, 0.3) is 0 Å². The minimum absolute atomic E-state index is 0.0122. The van der Waals surface area contributed by atoms with Crippen LogP contribution in [0.1, 0.15) is 73.6 Å². The van der Waals surface area contributed by atoms with Crippen LogP contribution in [-0.4, -0.2) is 81.0 Å². The number of nitrogens with one attached hydrogen (secondary N) is 3. The Bertz CT molecular complexity index is 763. The Morgan fingerprint density at radius 1 is 1.15 bits per heavy atom. The molecule has 1 atom stereocenters. The molecule has 1 aliphatic carbocycles. The van der Waals surface area contributed by atoms with E-state index in [-0.39, 0.29) is 36.1 Å². The molecule has 0 saturated carbocycles. The second kappa shape index (κ2) is 34.9. The topological polar surface area (TPSA) is 171 Å². The zero-order chi connectivity index (χ0) is 32.5. The molecular weight excluding hydrogens is 530 g/mol. The summed E-state index contributed by atoms with van der Waals surface area (Å²) in [6.07, 6.45) is 9.68. The first-order chi connectivity index (χ1) is 19.7. The van der Waals surface area contributed by atoms with E-state index in [0.29, 0.717) is 44.7 Å². The van der Waals surface area contributed by atoms with Crippen molar-refractivity contribution in [1.82, 2.24) is 16.0 Å². The minimum atomic E-state index is -1.13. The number of methoxy groups -OCH3 is 1. The molecule has 0 aromatic rings. The van der Waals surface area contributed by atoms with Gasteiger partial charge in [-0.2, -0.15) is 0 Å². The van der Waals surface area contributed by atoms with Crippen molar-refractivity contribution in [3.8, 4) is 0 Å². The maximum Gasteiger partial charge on any atom is 0.337 e. The predicted octanol–water partition coefficient (Wildman–Crippen LogP) is 3.19. The van der Waals surface area contributed by atoms with Crippen molar-refractivity contribution in [3.05, 3.63) is 35.6 Å². The molecule has 2 amide bonds. The third-order valence-electron chi connectivity index (χ3n) is 4.87. The van der Waals surface area contributed by atoms with Crippen molar-refractivity contribution in [2.45, 2.75) is 73.6 Å². The van der Waals surface area contributed by atoms with Gasteiger partial charge in [0.1, 0.15) is 13.1 Å². The highest BCUT2D eigenvalue weighted by Gasteiger charge is 2.25. The largest absolute Gasteiger partial charge is 0.478 e. The lowest BCUT2D eigenvalue weighted by atomic mass is 9.93. The number of hydrogen-bond acceptors (Lipinski definition) is 8. The smallest absolute Gasteiger partial charge is 0.337 e. The van der Waals surface area contributed by atoms with E-state index >= 15 is 0 Å². The fourth-order valence-corrected chi connectivity index (χ4v) is 2.88. The van der Waals surface area contributed by atoms with Crippen molar-refractivity contribution in [2.75, 3.05) is 40.0 Å². The first kappa shape index (κ1) is 44.9. The number of aliphatic hydroxyl groups excluding tert-OH is 1. The molecule has 1 aliphatic rings. The number of carbonyl (C=O) groups is 5. The molecule has 0 aliphatic heterocycles. The summed E-state index contributed by atoms with van der Waals surface area (Å²) in [7, 11) is 1.68. The van der Waals surface area contributed by atoms with E-state index in [1.807, 2.05) is 27.6 Å². The van der Waals surface area contributed by atoms with Gasteiger partial charge in [0.25, 0.3) is 0 Å². The maximum absolute atomic E-state index is 12.3. The van der Waals surface area contributed by atoms with Gasteiger partial charge in [-0.15, -0.1) is 0 Å². The van der Waals surface area contributed by atoms with E-state index < -0.39 is 11.9 Å². The Morgan fingerprint density at radius 2 is 1.73 bits per heavy atom. The molecule has 0 fully saturated rings. The van der Waals surface area contributed by atoms with Gasteiger partial charge in [0.2, 0.25) is 11.8 Å². The summed E-state index contributed by atoms with van der Waals surface area (Å²) in [6.45, 7) is 16.7. The van der Waals surface area contributed by atoms with Gasteiger partial charge in [-0.1, -0.05) is 39.8 Å². The highest BCUT2D eigenvalue weighted by atomic mass is 16.5. The van der Waals surface area contributed by atoms with Crippen LogP contribution in [0.5, 0.6) is 0 Å². The number of aliphatic hydroxyl groups is 1. The highest BCUT2D eigenvalue weighted by molar-refractivity contribution is 5.95. The predicted molar refractivity (Wildman–Crippen MR) is 163 cm³/mol. The molecule has 1 unspecified atom stereocenters. The molecule has 0 bridgehead atoms. The van der Waals surface area contributed by atoms with Gasteiger partial charge in [-0.05, 0) is 64.1 Å². The molecule has 238 valence electrons. The Morgan fingerprint density at radius 3 is 2.22 bits per heavy atom. The van der Waals surface area contributed by atoms with E-state index in [1.54, 1.807) is 20.1 Å². The molecule has 1 rings (SSSR count). The number of ether oxygens (including phenoxy) is 1. The van der Waals surface area contributed by atoms with Crippen molar-refractivity contribution >= 4 is 30.9 Å². The average molecular weight is 586 g/mol. The van der Waals surface area contributed by atoms with Crippen LogP contribution in [0.15, 0.2) is 35.6 Å². The second-order valence-corrected chi connectivity index (χ2v) is 8.49. The first-order valence-electron chi connectivity index (χ1n) is 14.1. The van der Waals surface area contributed by atoms with Crippen LogP contribution in [0.4, 0.5) is 0 Å². The normalized spacial score (nSPS) is 13.2. The molecule has 11 heteroatoms. The van der Waals surface area contributed by atoms with E-state index in [2.05, 4.69) is 34.5 Å². The minimum Gasteiger partial charge on any atom is -0.478 e. The average Bonchev–Trinajstić information content (AvgIpc) is 2.96. The molecule has 5 N–H and O–H groups in total. The van der Waals surface area contributed by atoms with Gasteiger partial charge in [0.05, 0.1) is 17.2 Å². The SMILES string of the molecule is C=O.CC.CC(C)CCNC(=O)C1C=C(NC(=O)CCCCNC/C=C\C=O)C(C(=O)O)=CC1.CCO.CCOC. The summed E-state index contributed by atoms with van der Waals surface area (Å²) in [5.74, 6) is -1.61. The van der Waals surface area contributed by atoms with Crippen molar-refractivity contribution in [2.24, 2.45) is 11.8 Å². The maximum atomic E-state index is 12.3. The van der Waals surface area contributed by atoms with E-state index in [1.165, 1.54) is 18.2 Å². The van der Waals surface area contributed by atoms with Gasteiger partial charge < -0.3 is 35.7 Å². The van der Waals surface area contributed by atoms with Crippen molar-refractivity contribution < 1.29 is 38.9 Å². The number of unbranched alkanes of at least 4 members (excludes halogenated alkanes) is 1. The lowest BCUT2D eigenvalue weighted by Crippen LogP contribution is -2.34. The number of rotatable bonds is 15. The lowest BCUT2D eigenvalue weighted by Gasteiger charge is -2.20. The highest BCUT2D eigenvalue weighted by Crippen LogP contribution is 2.22. The zero-order valence-electron chi connectivity index (χ0n) is 26.2.